The highest BCUT2D eigenvalue weighted by Crippen LogP contribution is 2.40. The van der Waals surface area contributed by atoms with E-state index in [0.717, 1.165) is 31.5 Å². The fourth-order valence-electron chi connectivity index (χ4n) is 4.88. The van der Waals surface area contributed by atoms with Crippen LogP contribution in [0.15, 0.2) is 47.1 Å². The monoisotopic (exact) mass is 489 g/mol. The summed E-state index contributed by atoms with van der Waals surface area (Å²) in [7, 11) is 1.83. The van der Waals surface area contributed by atoms with Gasteiger partial charge in [0.2, 0.25) is 0 Å². The number of hydrogen-bond donors (Lipinski definition) is 1. The zero-order valence-electron chi connectivity index (χ0n) is 21.1. The summed E-state index contributed by atoms with van der Waals surface area (Å²) in [6.45, 7) is 8.24. The second-order valence-electron chi connectivity index (χ2n) is 9.80. The average Bonchev–Trinajstić information content (AvgIpc) is 3.31. The molecular formula is C27H31N5O4. The third-order valence-electron chi connectivity index (χ3n) is 7.16. The molecule has 0 saturated carbocycles. The second kappa shape index (κ2) is 9.39. The molecule has 1 fully saturated rings. The number of hydrogen-bond acceptors (Lipinski definition) is 7. The Morgan fingerprint density at radius 3 is 2.58 bits per heavy atom. The van der Waals surface area contributed by atoms with Crippen LogP contribution >= 0.6 is 0 Å². The van der Waals surface area contributed by atoms with Crippen LogP contribution in [0.25, 0.3) is 11.3 Å². The number of amides is 2. The maximum atomic E-state index is 13.4. The van der Waals surface area contributed by atoms with Crippen molar-refractivity contribution in [2.24, 2.45) is 0 Å². The molecule has 0 bridgehead atoms. The van der Waals surface area contributed by atoms with Gasteiger partial charge < -0.3 is 24.4 Å². The van der Waals surface area contributed by atoms with Gasteiger partial charge in [-0.15, -0.1) is 0 Å². The van der Waals surface area contributed by atoms with Gasteiger partial charge >= 0.3 is 0 Å². The number of ether oxygens (including phenoxy) is 1. The topological polar surface area (TPSA) is 101 Å². The number of nitrogens with one attached hydrogen (secondary N) is 1. The van der Waals surface area contributed by atoms with Crippen molar-refractivity contribution in [3.63, 3.8) is 0 Å². The van der Waals surface area contributed by atoms with Gasteiger partial charge in [0.25, 0.3) is 11.8 Å². The minimum absolute atomic E-state index is 0.0461. The van der Waals surface area contributed by atoms with Crippen molar-refractivity contribution in [3.8, 4) is 17.0 Å². The predicted octanol–water partition coefficient (Wildman–Crippen LogP) is 3.64. The van der Waals surface area contributed by atoms with Crippen molar-refractivity contribution >= 4 is 11.8 Å². The van der Waals surface area contributed by atoms with Crippen LogP contribution in [0, 0.1) is 6.92 Å². The quantitative estimate of drug-likeness (QED) is 0.584. The van der Waals surface area contributed by atoms with Gasteiger partial charge in [-0.1, -0.05) is 5.16 Å². The molecule has 188 valence electrons. The second-order valence-corrected chi connectivity index (χ2v) is 9.80. The van der Waals surface area contributed by atoms with Crippen LogP contribution in [0.4, 0.5) is 0 Å². The van der Waals surface area contributed by atoms with Gasteiger partial charge in [0, 0.05) is 56.8 Å². The molecule has 2 aliphatic rings. The number of carbonyl (C=O) groups excluding carboxylic acids is 2. The molecule has 1 saturated heterocycles. The summed E-state index contributed by atoms with van der Waals surface area (Å²) in [5, 5.41) is 6.68. The van der Waals surface area contributed by atoms with E-state index in [4.69, 9.17) is 9.26 Å². The number of aryl methyl sites for hydroxylation is 1. The van der Waals surface area contributed by atoms with Gasteiger partial charge in [-0.05, 0) is 51.1 Å². The van der Waals surface area contributed by atoms with Crippen molar-refractivity contribution in [2.45, 2.75) is 51.9 Å². The van der Waals surface area contributed by atoms with Crippen LogP contribution in [-0.2, 0) is 6.54 Å². The smallest absolute Gasteiger partial charge is 0.260 e. The van der Waals surface area contributed by atoms with E-state index in [0.29, 0.717) is 40.1 Å². The highest BCUT2D eigenvalue weighted by atomic mass is 16.5. The molecule has 1 N–H and O–H groups in total. The maximum Gasteiger partial charge on any atom is 0.260 e. The molecule has 4 heterocycles. The summed E-state index contributed by atoms with van der Waals surface area (Å²) >= 11 is 0. The van der Waals surface area contributed by atoms with Crippen LogP contribution in [0.3, 0.4) is 0 Å². The van der Waals surface area contributed by atoms with Crippen LogP contribution in [0.2, 0.25) is 0 Å². The number of likely N-dealkylation sites (tertiary alicyclic amines) is 1. The molecule has 36 heavy (non-hydrogen) atoms. The molecule has 1 aromatic carbocycles. The Labute approximate surface area is 210 Å². The molecule has 2 amide bonds. The first-order chi connectivity index (χ1) is 17.3. The molecule has 2 aromatic heterocycles. The molecule has 2 aliphatic heterocycles. The summed E-state index contributed by atoms with van der Waals surface area (Å²) in [6.07, 6.45) is 3.08. The summed E-state index contributed by atoms with van der Waals surface area (Å²) in [4.78, 5) is 34.5. The summed E-state index contributed by atoms with van der Waals surface area (Å²) in [6, 6.07) is 11.3. The Hall–Kier alpha value is -3.72. The molecule has 9 nitrogen and oxygen atoms in total. The number of fused-ring (bicyclic) bond motifs is 1. The number of benzene rings is 1. The molecule has 9 heteroatoms. The Kier molecular flexibility index (Phi) is 6.26. The lowest BCUT2D eigenvalue weighted by Crippen LogP contribution is -2.62. The Morgan fingerprint density at radius 2 is 1.94 bits per heavy atom. The molecule has 3 aromatic rings. The highest BCUT2D eigenvalue weighted by molar-refractivity contribution is 5.99. The average molecular weight is 490 g/mol. The number of aromatic nitrogens is 2. The first kappa shape index (κ1) is 24.0. The minimum atomic E-state index is -0.602. The van der Waals surface area contributed by atoms with Crippen molar-refractivity contribution in [3.05, 3.63) is 65.2 Å². The SMILES string of the molecule is Cc1cc(CNC(=O)c2ccc(-c3ccc4c(c3)C(=O)N(C)C3(CCN(C(C)C)CC3)O4)nc2)no1. The van der Waals surface area contributed by atoms with E-state index in [9.17, 15) is 9.59 Å². The van der Waals surface area contributed by atoms with Crippen LogP contribution in [-0.4, -0.2) is 63.7 Å². The largest absolute Gasteiger partial charge is 0.467 e. The first-order valence-electron chi connectivity index (χ1n) is 12.3. The van der Waals surface area contributed by atoms with Crippen LogP contribution in [0.5, 0.6) is 5.75 Å². The van der Waals surface area contributed by atoms with Crippen molar-refractivity contribution in [1.82, 2.24) is 25.3 Å². The highest BCUT2D eigenvalue weighted by Gasteiger charge is 2.47. The van der Waals surface area contributed by atoms with Gasteiger partial charge in [0.15, 0.2) is 5.72 Å². The maximum absolute atomic E-state index is 13.4. The molecule has 0 aliphatic carbocycles. The van der Waals surface area contributed by atoms with Crippen molar-refractivity contribution in [1.29, 1.82) is 0 Å². The van der Waals surface area contributed by atoms with E-state index in [1.165, 1.54) is 6.20 Å². The number of carbonyl (C=O) groups is 2. The Bertz CT molecular complexity index is 1280. The van der Waals surface area contributed by atoms with Crippen molar-refractivity contribution in [2.75, 3.05) is 20.1 Å². The van der Waals surface area contributed by atoms with E-state index < -0.39 is 5.72 Å². The van der Waals surface area contributed by atoms with Gasteiger partial charge in [-0.3, -0.25) is 14.6 Å². The van der Waals surface area contributed by atoms with Gasteiger partial charge in [-0.25, -0.2) is 0 Å². The van der Waals surface area contributed by atoms with E-state index in [1.54, 1.807) is 30.0 Å². The lowest BCUT2D eigenvalue weighted by molar-refractivity contribution is -0.104. The van der Waals surface area contributed by atoms with E-state index in [-0.39, 0.29) is 18.4 Å². The zero-order valence-corrected chi connectivity index (χ0v) is 21.1. The van der Waals surface area contributed by atoms with Crippen LogP contribution in [0.1, 0.15) is 58.9 Å². The number of nitrogens with zero attached hydrogens (tertiary/aromatic N) is 4. The van der Waals surface area contributed by atoms with E-state index in [2.05, 4.69) is 34.2 Å². The lowest BCUT2D eigenvalue weighted by Gasteiger charge is -2.50. The summed E-state index contributed by atoms with van der Waals surface area (Å²) in [5.74, 6) is 1.00. The number of rotatable bonds is 5. The molecule has 0 unspecified atom stereocenters. The fraction of sp³-hybridized carbons (Fsp3) is 0.407. The molecule has 0 atom stereocenters. The van der Waals surface area contributed by atoms with Gasteiger partial charge in [0.05, 0.1) is 23.4 Å². The molecule has 0 radical (unpaired) electrons. The van der Waals surface area contributed by atoms with E-state index in [1.807, 2.05) is 25.2 Å². The minimum Gasteiger partial charge on any atom is -0.467 e. The standard InChI is InChI=1S/C27H31N5O4/c1-17(2)32-11-9-27(10-12-32)31(4)26(34)22-14-19(6-8-24(22)35-27)23-7-5-20(15-28-23)25(33)29-16-21-13-18(3)36-30-21/h5-8,13-15,17H,9-12,16H2,1-4H3,(H,29,33). The zero-order chi connectivity index (χ0) is 25.4. The van der Waals surface area contributed by atoms with Gasteiger partial charge in [-0.2, -0.15) is 0 Å². The van der Waals surface area contributed by atoms with Crippen molar-refractivity contribution < 1.29 is 18.8 Å². The third-order valence-corrected chi connectivity index (χ3v) is 7.16. The number of pyridine rings is 1. The summed E-state index contributed by atoms with van der Waals surface area (Å²) < 4.78 is 11.5. The van der Waals surface area contributed by atoms with Crippen LogP contribution < -0.4 is 10.1 Å². The first-order valence-corrected chi connectivity index (χ1v) is 12.3. The fourth-order valence-corrected chi connectivity index (χ4v) is 4.88. The Morgan fingerprint density at radius 1 is 1.17 bits per heavy atom. The number of piperidine rings is 1. The summed E-state index contributed by atoms with van der Waals surface area (Å²) in [5.41, 5.74) is 2.47. The molecular weight excluding hydrogens is 458 g/mol. The predicted molar refractivity (Wildman–Crippen MR) is 133 cm³/mol. The molecule has 1 spiro atoms. The third kappa shape index (κ3) is 4.46. The Balaban J connectivity index is 1.30. The van der Waals surface area contributed by atoms with E-state index >= 15 is 0 Å². The lowest BCUT2D eigenvalue weighted by atomic mass is 9.93. The normalized spacial score (nSPS) is 17.2. The molecule has 5 rings (SSSR count). The van der Waals surface area contributed by atoms with Gasteiger partial charge in [0.1, 0.15) is 17.2 Å².